The van der Waals surface area contributed by atoms with Crippen molar-refractivity contribution in [1.82, 2.24) is 14.1 Å². The quantitative estimate of drug-likeness (QED) is 0.793. The highest BCUT2D eigenvalue weighted by atomic mass is 35.5. The zero-order valence-electron chi connectivity index (χ0n) is 10.7. The number of aromatic nitrogens is 2. The first-order valence-electron chi connectivity index (χ1n) is 6.70. The molecule has 1 saturated heterocycles. The number of aryl methyl sites for hydroxylation is 1. The molecule has 0 radical (unpaired) electrons. The summed E-state index contributed by atoms with van der Waals surface area (Å²) in [6, 6.07) is 0. The first kappa shape index (κ1) is 13.4. The van der Waals surface area contributed by atoms with E-state index in [1.807, 2.05) is 0 Å². The molecule has 7 heteroatoms. The van der Waals surface area contributed by atoms with Crippen LogP contribution in [0.2, 0.25) is 0 Å². The van der Waals surface area contributed by atoms with Crippen LogP contribution in [0.5, 0.6) is 0 Å². The van der Waals surface area contributed by atoms with E-state index < -0.39 is 10.0 Å². The Balaban J connectivity index is 1.78. The summed E-state index contributed by atoms with van der Waals surface area (Å²) in [4.78, 5) is 0.289. The summed E-state index contributed by atoms with van der Waals surface area (Å²) in [5.41, 5.74) is 0. The second-order valence-corrected chi connectivity index (χ2v) is 7.72. The number of alkyl halides is 1. The van der Waals surface area contributed by atoms with Gasteiger partial charge in [-0.2, -0.15) is 9.40 Å². The van der Waals surface area contributed by atoms with Gasteiger partial charge in [0.2, 0.25) is 10.0 Å². The van der Waals surface area contributed by atoms with Crippen molar-refractivity contribution in [3.05, 3.63) is 12.4 Å². The van der Waals surface area contributed by atoms with Crippen molar-refractivity contribution in [3.63, 3.8) is 0 Å². The van der Waals surface area contributed by atoms with Gasteiger partial charge in [0.05, 0.1) is 12.7 Å². The van der Waals surface area contributed by atoms with E-state index in [4.69, 9.17) is 11.6 Å². The molecule has 1 saturated carbocycles. The molecule has 1 aliphatic heterocycles. The van der Waals surface area contributed by atoms with Gasteiger partial charge in [0.25, 0.3) is 0 Å². The summed E-state index contributed by atoms with van der Waals surface area (Å²) in [7, 11) is -3.37. The number of hydrogen-bond acceptors (Lipinski definition) is 3. The second-order valence-electron chi connectivity index (χ2n) is 5.40. The Labute approximate surface area is 118 Å². The van der Waals surface area contributed by atoms with Crippen molar-refractivity contribution in [2.45, 2.75) is 30.7 Å². The Morgan fingerprint density at radius 2 is 2.00 bits per heavy atom. The summed E-state index contributed by atoms with van der Waals surface area (Å²) in [5, 5.41) is 4.04. The van der Waals surface area contributed by atoms with Crippen LogP contribution in [0.1, 0.15) is 19.3 Å². The van der Waals surface area contributed by atoms with Crippen molar-refractivity contribution in [2.75, 3.05) is 19.0 Å². The van der Waals surface area contributed by atoms with E-state index in [9.17, 15) is 8.42 Å². The molecule has 0 spiro atoms. The van der Waals surface area contributed by atoms with Gasteiger partial charge in [-0.3, -0.25) is 4.68 Å². The smallest absolute Gasteiger partial charge is 0.246 e. The van der Waals surface area contributed by atoms with E-state index in [2.05, 4.69) is 5.10 Å². The SMILES string of the molecule is O=S(=O)(c1cnn(CCCl)c1)N1CC2CCCC2C1. The van der Waals surface area contributed by atoms with Crippen LogP contribution in [0.25, 0.3) is 0 Å². The molecular formula is C12H18ClN3O2S. The Morgan fingerprint density at radius 3 is 2.63 bits per heavy atom. The maximum atomic E-state index is 12.5. The lowest BCUT2D eigenvalue weighted by Gasteiger charge is -2.15. The Bertz CT molecular complexity index is 545. The maximum absolute atomic E-state index is 12.5. The minimum atomic E-state index is -3.37. The van der Waals surface area contributed by atoms with E-state index >= 15 is 0 Å². The topological polar surface area (TPSA) is 55.2 Å². The van der Waals surface area contributed by atoms with Gasteiger partial charge in [0.15, 0.2) is 0 Å². The fourth-order valence-electron chi connectivity index (χ4n) is 3.22. The normalized spacial score (nSPS) is 27.8. The number of fused-ring (bicyclic) bond motifs is 1. The van der Waals surface area contributed by atoms with E-state index in [0.29, 0.717) is 37.4 Å². The van der Waals surface area contributed by atoms with Crippen LogP contribution < -0.4 is 0 Å². The third-order valence-electron chi connectivity index (χ3n) is 4.25. The van der Waals surface area contributed by atoms with Crippen molar-refractivity contribution in [2.24, 2.45) is 11.8 Å². The molecular weight excluding hydrogens is 286 g/mol. The van der Waals surface area contributed by atoms with Crippen molar-refractivity contribution >= 4 is 21.6 Å². The lowest BCUT2D eigenvalue weighted by molar-refractivity contribution is 0.445. The Kier molecular flexibility index (Phi) is 3.57. The molecule has 0 amide bonds. The maximum Gasteiger partial charge on any atom is 0.246 e. The Morgan fingerprint density at radius 1 is 1.32 bits per heavy atom. The highest BCUT2D eigenvalue weighted by Crippen LogP contribution is 2.39. The van der Waals surface area contributed by atoms with Gasteiger partial charge in [-0.25, -0.2) is 8.42 Å². The van der Waals surface area contributed by atoms with Crippen LogP contribution in [0, 0.1) is 11.8 Å². The van der Waals surface area contributed by atoms with E-state index in [1.165, 1.54) is 25.5 Å². The van der Waals surface area contributed by atoms with Crippen LogP contribution in [0.4, 0.5) is 0 Å². The second kappa shape index (κ2) is 5.07. The molecule has 1 aliphatic carbocycles. The van der Waals surface area contributed by atoms with Gasteiger partial charge >= 0.3 is 0 Å². The molecule has 19 heavy (non-hydrogen) atoms. The van der Waals surface area contributed by atoms with Crippen molar-refractivity contribution in [3.8, 4) is 0 Å². The average molecular weight is 304 g/mol. The van der Waals surface area contributed by atoms with Gasteiger partial charge in [-0.15, -0.1) is 11.6 Å². The molecule has 0 N–H and O–H groups in total. The standard InChI is InChI=1S/C12H18ClN3O2S/c13-4-5-15-9-12(6-14-15)19(17,18)16-7-10-2-1-3-11(10)8-16/h6,9-11H,1-5,7-8H2. The molecule has 106 valence electrons. The summed E-state index contributed by atoms with van der Waals surface area (Å²) in [6.45, 7) is 1.88. The minimum absolute atomic E-state index is 0.289. The van der Waals surface area contributed by atoms with E-state index in [1.54, 1.807) is 15.2 Å². The molecule has 0 bridgehead atoms. The molecule has 2 heterocycles. The van der Waals surface area contributed by atoms with Crippen LogP contribution in [-0.4, -0.2) is 41.5 Å². The largest absolute Gasteiger partial charge is 0.270 e. The average Bonchev–Trinajstić information content (AvgIpc) is 3.03. The minimum Gasteiger partial charge on any atom is -0.270 e. The van der Waals surface area contributed by atoms with Crippen LogP contribution >= 0.6 is 11.6 Å². The highest BCUT2D eigenvalue weighted by Gasteiger charge is 2.41. The van der Waals surface area contributed by atoms with Crippen LogP contribution in [-0.2, 0) is 16.6 Å². The Hall–Kier alpha value is -0.590. The highest BCUT2D eigenvalue weighted by molar-refractivity contribution is 7.89. The predicted molar refractivity (Wildman–Crippen MR) is 72.5 cm³/mol. The van der Waals surface area contributed by atoms with Crippen LogP contribution in [0.15, 0.2) is 17.3 Å². The number of rotatable bonds is 4. The summed E-state index contributed by atoms with van der Waals surface area (Å²) in [6.07, 6.45) is 6.59. The van der Waals surface area contributed by atoms with Crippen molar-refractivity contribution < 1.29 is 8.42 Å². The van der Waals surface area contributed by atoms with E-state index in [-0.39, 0.29) is 4.90 Å². The van der Waals surface area contributed by atoms with Gasteiger partial charge < -0.3 is 0 Å². The predicted octanol–water partition coefficient (Wildman–Crippen LogP) is 1.54. The zero-order chi connectivity index (χ0) is 13.5. The van der Waals surface area contributed by atoms with Crippen LogP contribution in [0.3, 0.4) is 0 Å². The van der Waals surface area contributed by atoms with Gasteiger partial charge in [-0.05, 0) is 24.7 Å². The summed E-state index contributed by atoms with van der Waals surface area (Å²) in [5.74, 6) is 1.55. The summed E-state index contributed by atoms with van der Waals surface area (Å²) < 4.78 is 28.3. The van der Waals surface area contributed by atoms with Gasteiger partial charge in [0.1, 0.15) is 4.90 Å². The van der Waals surface area contributed by atoms with Gasteiger partial charge in [0, 0.05) is 25.2 Å². The molecule has 0 aromatic carbocycles. The molecule has 1 aromatic heterocycles. The number of nitrogens with zero attached hydrogens (tertiary/aromatic N) is 3. The molecule has 2 aliphatic rings. The monoisotopic (exact) mass is 303 g/mol. The lowest BCUT2D eigenvalue weighted by Crippen LogP contribution is -2.29. The molecule has 2 unspecified atom stereocenters. The molecule has 1 aromatic rings. The first-order valence-corrected chi connectivity index (χ1v) is 8.67. The number of hydrogen-bond donors (Lipinski definition) is 0. The fraction of sp³-hybridized carbons (Fsp3) is 0.750. The molecule has 5 nitrogen and oxygen atoms in total. The number of sulfonamides is 1. The van der Waals surface area contributed by atoms with Gasteiger partial charge in [-0.1, -0.05) is 6.42 Å². The lowest BCUT2D eigenvalue weighted by atomic mass is 10.0. The third-order valence-corrected chi connectivity index (χ3v) is 6.21. The number of halogens is 1. The molecule has 2 atom stereocenters. The molecule has 3 rings (SSSR count). The first-order chi connectivity index (χ1) is 9.11. The third kappa shape index (κ3) is 2.41. The van der Waals surface area contributed by atoms with Crippen molar-refractivity contribution in [1.29, 1.82) is 0 Å². The fourth-order valence-corrected chi connectivity index (χ4v) is 4.91. The summed E-state index contributed by atoms with van der Waals surface area (Å²) >= 11 is 5.63. The zero-order valence-corrected chi connectivity index (χ0v) is 12.3. The molecule has 2 fully saturated rings. The van der Waals surface area contributed by atoms with E-state index in [0.717, 1.165) is 0 Å².